The second-order valence-electron chi connectivity index (χ2n) is 4.94. The van der Waals surface area contributed by atoms with Crippen LogP contribution in [0.25, 0.3) is 10.2 Å². The Kier molecular flexibility index (Phi) is 3.61. The first kappa shape index (κ1) is 14.3. The molecule has 0 fully saturated rings. The van der Waals surface area contributed by atoms with Crippen LogP contribution >= 0.6 is 22.9 Å². The molecule has 0 spiro atoms. The molecule has 0 aliphatic heterocycles. The zero-order chi connectivity index (χ0) is 15.0. The maximum Gasteiger partial charge on any atom is 0.161 e. The largest absolute Gasteiger partial charge is 0.457 e. The number of halogens is 1. The minimum Gasteiger partial charge on any atom is -0.457 e. The number of aromatic nitrogens is 1. The summed E-state index contributed by atoms with van der Waals surface area (Å²) in [5.41, 5.74) is 1.61. The van der Waals surface area contributed by atoms with Gasteiger partial charge in [-0.3, -0.25) is 0 Å². The fraction of sp³-hybridized carbons (Fsp3) is 0.188. The molecule has 1 N–H and O–H groups in total. The summed E-state index contributed by atoms with van der Waals surface area (Å²) in [4.78, 5) is 4.42. The molecule has 1 aromatic heterocycles. The molecule has 1 atom stereocenters. The molecule has 3 nitrogen and oxygen atoms in total. The van der Waals surface area contributed by atoms with Gasteiger partial charge in [-0.2, -0.15) is 0 Å². The van der Waals surface area contributed by atoms with Crippen molar-refractivity contribution in [2.24, 2.45) is 0 Å². The van der Waals surface area contributed by atoms with Crippen LogP contribution in [0.2, 0.25) is 0 Å². The van der Waals surface area contributed by atoms with Gasteiger partial charge in [0, 0.05) is 6.07 Å². The maximum absolute atomic E-state index is 9.71. The smallest absolute Gasteiger partial charge is 0.161 e. The Morgan fingerprint density at radius 3 is 2.48 bits per heavy atom. The van der Waals surface area contributed by atoms with Crippen molar-refractivity contribution in [3.63, 3.8) is 0 Å². The highest BCUT2D eigenvalue weighted by Gasteiger charge is 2.18. The Hall–Kier alpha value is -1.62. The molecule has 5 heteroatoms. The Balaban J connectivity index is 1.84. The second kappa shape index (κ2) is 5.30. The van der Waals surface area contributed by atoms with Crippen LogP contribution in [-0.4, -0.2) is 10.1 Å². The van der Waals surface area contributed by atoms with Gasteiger partial charge in [-0.05, 0) is 43.7 Å². The van der Waals surface area contributed by atoms with Crippen molar-refractivity contribution in [1.82, 2.24) is 4.98 Å². The molecule has 0 aliphatic carbocycles. The lowest BCUT2D eigenvalue weighted by atomic mass is 10.1. The van der Waals surface area contributed by atoms with Crippen LogP contribution in [0.3, 0.4) is 0 Å². The molecule has 3 rings (SSSR count). The molecule has 0 saturated heterocycles. The topological polar surface area (TPSA) is 42.4 Å². The average molecular weight is 320 g/mol. The van der Waals surface area contributed by atoms with Crippen LogP contribution in [-0.2, 0) is 5.06 Å². The van der Waals surface area contributed by atoms with E-state index in [2.05, 4.69) is 4.98 Å². The summed E-state index contributed by atoms with van der Waals surface area (Å²) in [6, 6.07) is 12.9. The van der Waals surface area contributed by atoms with Gasteiger partial charge in [-0.1, -0.05) is 23.7 Å². The highest BCUT2D eigenvalue weighted by molar-refractivity contribution is 7.18. The number of hydrogen-bond donors (Lipinski definition) is 1. The quantitative estimate of drug-likeness (QED) is 0.705. The molecule has 21 heavy (non-hydrogen) atoms. The first-order valence-corrected chi connectivity index (χ1v) is 7.68. The van der Waals surface area contributed by atoms with E-state index in [1.165, 1.54) is 6.92 Å². The number of nitrogens with zero attached hydrogens (tertiary/aromatic N) is 1. The standard InChI is InChI=1S/C16H14ClNO2S/c1-10-18-14-8-7-13(9-15(14)21-10)20-12-5-3-11(4-6-12)16(2,17)19/h3-9,19H,1-2H3. The number of benzene rings is 2. The minimum absolute atomic E-state index is 0.630. The fourth-order valence-corrected chi connectivity index (χ4v) is 3.03. The highest BCUT2D eigenvalue weighted by Crippen LogP contribution is 2.31. The van der Waals surface area contributed by atoms with E-state index in [9.17, 15) is 5.11 Å². The molecule has 1 unspecified atom stereocenters. The Bertz CT molecular complexity index is 775. The highest BCUT2D eigenvalue weighted by atomic mass is 35.5. The molecule has 0 aliphatic rings. The van der Waals surface area contributed by atoms with Crippen LogP contribution < -0.4 is 4.74 Å². The summed E-state index contributed by atoms with van der Waals surface area (Å²) >= 11 is 7.49. The Labute approximate surface area is 131 Å². The summed E-state index contributed by atoms with van der Waals surface area (Å²) in [6.07, 6.45) is 0. The van der Waals surface area contributed by atoms with Crippen LogP contribution in [0.5, 0.6) is 11.5 Å². The minimum atomic E-state index is -1.36. The van der Waals surface area contributed by atoms with E-state index in [4.69, 9.17) is 16.3 Å². The van der Waals surface area contributed by atoms with Crippen molar-refractivity contribution in [3.05, 3.63) is 53.0 Å². The number of rotatable bonds is 3. The second-order valence-corrected chi connectivity index (χ2v) is 6.91. The molecule has 0 radical (unpaired) electrons. The number of fused-ring (bicyclic) bond motifs is 1. The van der Waals surface area contributed by atoms with Crippen molar-refractivity contribution in [3.8, 4) is 11.5 Å². The van der Waals surface area contributed by atoms with Gasteiger partial charge < -0.3 is 9.84 Å². The molecular weight excluding hydrogens is 306 g/mol. The van der Waals surface area contributed by atoms with Crippen LogP contribution in [0.15, 0.2) is 42.5 Å². The van der Waals surface area contributed by atoms with Crippen LogP contribution in [0.1, 0.15) is 17.5 Å². The SMILES string of the molecule is Cc1nc2ccc(Oc3ccc(C(C)(O)Cl)cc3)cc2s1. The summed E-state index contributed by atoms with van der Waals surface area (Å²) in [5, 5.41) is 9.38. The monoisotopic (exact) mass is 319 g/mol. The predicted octanol–water partition coefficient (Wildman–Crippen LogP) is 4.80. The summed E-state index contributed by atoms with van der Waals surface area (Å²) in [7, 11) is 0. The van der Waals surface area contributed by atoms with E-state index in [-0.39, 0.29) is 0 Å². The molecule has 108 valence electrons. The van der Waals surface area contributed by atoms with Crippen molar-refractivity contribution in [2.75, 3.05) is 0 Å². The number of ether oxygens (including phenoxy) is 1. The van der Waals surface area contributed by atoms with E-state index in [0.717, 1.165) is 21.0 Å². The van der Waals surface area contributed by atoms with Crippen molar-refractivity contribution >= 4 is 33.2 Å². The Morgan fingerprint density at radius 2 is 1.81 bits per heavy atom. The van der Waals surface area contributed by atoms with Gasteiger partial charge in [0.1, 0.15) is 11.5 Å². The third kappa shape index (κ3) is 3.18. The number of aliphatic hydroxyl groups is 1. The fourth-order valence-electron chi connectivity index (χ4n) is 2.05. The van der Waals surface area contributed by atoms with Crippen molar-refractivity contribution in [2.45, 2.75) is 18.9 Å². The third-order valence-electron chi connectivity index (χ3n) is 3.08. The first-order valence-electron chi connectivity index (χ1n) is 6.49. The third-order valence-corrected chi connectivity index (χ3v) is 4.24. The van der Waals surface area contributed by atoms with Gasteiger partial charge in [0.25, 0.3) is 0 Å². The summed E-state index contributed by atoms with van der Waals surface area (Å²) in [5.74, 6) is 1.46. The predicted molar refractivity (Wildman–Crippen MR) is 86.3 cm³/mol. The zero-order valence-corrected chi connectivity index (χ0v) is 13.2. The molecule has 0 bridgehead atoms. The van der Waals surface area contributed by atoms with Crippen LogP contribution in [0, 0.1) is 6.92 Å². The van der Waals surface area contributed by atoms with E-state index in [1.54, 1.807) is 35.6 Å². The normalized spacial score (nSPS) is 14.1. The van der Waals surface area contributed by atoms with Gasteiger partial charge in [0.05, 0.1) is 15.2 Å². The lowest BCUT2D eigenvalue weighted by Gasteiger charge is -2.15. The molecule has 0 amide bonds. The van der Waals surface area contributed by atoms with Gasteiger partial charge in [-0.15, -0.1) is 11.3 Å². The number of aryl methyl sites for hydroxylation is 1. The van der Waals surface area contributed by atoms with Crippen molar-refractivity contribution in [1.29, 1.82) is 0 Å². The molecule has 1 heterocycles. The summed E-state index contributed by atoms with van der Waals surface area (Å²) in [6.45, 7) is 3.52. The van der Waals surface area contributed by atoms with Gasteiger partial charge in [-0.25, -0.2) is 4.98 Å². The molecule has 2 aromatic carbocycles. The van der Waals surface area contributed by atoms with Crippen molar-refractivity contribution < 1.29 is 9.84 Å². The number of hydrogen-bond acceptors (Lipinski definition) is 4. The number of alkyl halides is 1. The number of thiazole rings is 1. The van der Waals surface area contributed by atoms with Crippen LogP contribution in [0.4, 0.5) is 0 Å². The molecule has 3 aromatic rings. The van der Waals surface area contributed by atoms with E-state index < -0.39 is 5.06 Å². The first-order chi connectivity index (χ1) is 9.91. The lowest BCUT2D eigenvalue weighted by molar-refractivity contribution is 0.150. The molecular formula is C16H14ClNO2S. The van der Waals surface area contributed by atoms with Gasteiger partial charge in [0.15, 0.2) is 5.06 Å². The lowest BCUT2D eigenvalue weighted by Crippen LogP contribution is -2.11. The van der Waals surface area contributed by atoms with E-state index in [0.29, 0.717) is 11.3 Å². The maximum atomic E-state index is 9.71. The summed E-state index contributed by atoms with van der Waals surface area (Å²) < 4.78 is 6.92. The molecule has 0 saturated carbocycles. The Morgan fingerprint density at radius 1 is 1.14 bits per heavy atom. The van der Waals surface area contributed by atoms with Gasteiger partial charge >= 0.3 is 0 Å². The van der Waals surface area contributed by atoms with Gasteiger partial charge in [0.2, 0.25) is 0 Å². The van der Waals surface area contributed by atoms with E-state index >= 15 is 0 Å². The average Bonchev–Trinajstić information content (AvgIpc) is 2.78. The van der Waals surface area contributed by atoms with E-state index in [1.807, 2.05) is 25.1 Å². The zero-order valence-electron chi connectivity index (χ0n) is 11.6.